The number of hydrogen-bond donors (Lipinski definition) is 5. The van der Waals surface area contributed by atoms with Crippen LogP contribution in [0.15, 0.2) is 12.1 Å². The molecule has 1 unspecified atom stereocenters. The summed E-state index contributed by atoms with van der Waals surface area (Å²) >= 11 is 0. The summed E-state index contributed by atoms with van der Waals surface area (Å²) in [6, 6.07) is 2.30. The zero-order valence-electron chi connectivity index (χ0n) is 10.2. The maximum absolute atomic E-state index is 11.3. The molecule has 0 radical (unpaired) electrons. The molecular weight excluding hydrogens is 270 g/mol. The first-order chi connectivity index (χ1) is 9.34. The fourth-order valence-electron chi connectivity index (χ4n) is 1.94. The van der Waals surface area contributed by atoms with Gasteiger partial charge in [0.25, 0.3) is 0 Å². The van der Waals surface area contributed by atoms with Crippen LogP contribution in [-0.2, 0) is 11.3 Å². The summed E-state index contributed by atoms with van der Waals surface area (Å²) in [7, 11) is 0. The van der Waals surface area contributed by atoms with E-state index >= 15 is 0 Å². The quantitative estimate of drug-likeness (QED) is 0.476. The molecule has 1 atom stereocenters. The summed E-state index contributed by atoms with van der Waals surface area (Å²) in [5.74, 6) is -6.12. The molecule has 0 aliphatic heterocycles. The van der Waals surface area contributed by atoms with E-state index in [0.717, 1.165) is 6.07 Å². The zero-order chi connectivity index (χ0) is 15.4. The highest BCUT2D eigenvalue weighted by Crippen LogP contribution is 2.28. The largest absolute Gasteiger partial charge is 0.481 e. The van der Waals surface area contributed by atoms with Crippen molar-refractivity contribution in [2.75, 3.05) is 6.61 Å². The lowest BCUT2D eigenvalue weighted by atomic mass is 9.87. The average Bonchev–Trinajstić information content (AvgIpc) is 2.37. The summed E-state index contributed by atoms with van der Waals surface area (Å²) in [6.45, 7) is -1.05. The Labute approximate surface area is 113 Å². The van der Waals surface area contributed by atoms with Crippen molar-refractivity contribution in [3.63, 3.8) is 0 Å². The molecular formula is C12H13NO7. The number of nitrogens with two attached hydrogens (primary N) is 1. The molecule has 1 aromatic carbocycles. The molecule has 0 fully saturated rings. The molecule has 108 valence electrons. The molecule has 8 nitrogen and oxygen atoms in total. The van der Waals surface area contributed by atoms with E-state index < -0.39 is 41.6 Å². The Kier molecular flexibility index (Phi) is 4.78. The monoisotopic (exact) mass is 283 g/mol. The van der Waals surface area contributed by atoms with E-state index in [4.69, 9.17) is 26.2 Å². The van der Waals surface area contributed by atoms with Crippen molar-refractivity contribution >= 4 is 17.9 Å². The van der Waals surface area contributed by atoms with Crippen LogP contribution in [0.25, 0.3) is 0 Å². The van der Waals surface area contributed by atoms with Crippen molar-refractivity contribution in [3.8, 4) is 0 Å². The third kappa shape index (κ3) is 2.76. The molecule has 0 aromatic heterocycles. The van der Waals surface area contributed by atoms with Crippen LogP contribution in [0.5, 0.6) is 0 Å². The van der Waals surface area contributed by atoms with Gasteiger partial charge < -0.3 is 26.2 Å². The van der Waals surface area contributed by atoms with Crippen LogP contribution in [-0.4, -0.2) is 44.9 Å². The number of hydrogen-bond acceptors (Lipinski definition) is 5. The molecule has 0 saturated carbocycles. The predicted molar refractivity (Wildman–Crippen MR) is 65.7 cm³/mol. The van der Waals surface area contributed by atoms with Gasteiger partial charge in [-0.3, -0.25) is 4.79 Å². The van der Waals surface area contributed by atoms with E-state index in [1.807, 2.05) is 0 Å². The highest BCUT2D eigenvalue weighted by Gasteiger charge is 2.30. The SMILES string of the molecule is NCc1ccc(C(=O)O)c(C(=O)O)c1C(CO)C(=O)O. The van der Waals surface area contributed by atoms with E-state index in [-0.39, 0.29) is 17.7 Å². The molecule has 8 heteroatoms. The van der Waals surface area contributed by atoms with Gasteiger partial charge in [-0.25, -0.2) is 9.59 Å². The molecule has 0 saturated heterocycles. The van der Waals surface area contributed by atoms with Gasteiger partial charge in [-0.15, -0.1) is 0 Å². The standard InChI is InChI=1S/C12H13NO7/c13-3-5-1-2-6(10(15)16)9(12(19)20)8(5)7(4-14)11(17)18/h1-2,7,14H,3-4,13H2,(H,15,16)(H,17,18)(H,19,20). The van der Waals surface area contributed by atoms with Crippen molar-refractivity contribution in [3.05, 3.63) is 34.4 Å². The summed E-state index contributed by atoms with van der Waals surface area (Å²) in [5, 5.41) is 36.3. The zero-order valence-corrected chi connectivity index (χ0v) is 10.2. The number of carboxylic acid groups (broad SMARTS) is 3. The Morgan fingerprint density at radius 2 is 1.70 bits per heavy atom. The van der Waals surface area contributed by atoms with Gasteiger partial charge in [0.05, 0.1) is 17.7 Å². The van der Waals surface area contributed by atoms with Gasteiger partial charge >= 0.3 is 17.9 Å². The first-order valence-corrected chi connectivity index (χ1v) is 5.51. The minimum Gasteiger partial charge on any atom is -0.481 e. The lowest BCUT2D eigenvalue weighted by Crippen LogP contribution is -2.24. The molecule has 6 N–H and O–H groups in total. The van der Waals surface area contributed by atoms with Crippen molar-refractivity contribution in [2.24, 2.45) is 5.73 Å². The number of aliphatic hydroxyl groups excluding tert-OH is 1. The minimum absolute atomic E-state index is 0.161. The summed E-state index contributed by atoms with van der Waals surface area (Å²) in [6.07, 6.45) is 0. The lowest BCUT2D eigenvalue weighted by Gasteiger charge is -2.18. The fraction of sp³-hybridized carbons (Fsp3) is 0.250. The third-order valence-electron chi connectivity index (χ3n) is 2.83. The lowest BCUT2D eigenvalue weighted by molar-refractivity contribution is -0.139. The summed E-state index contributed by atoms with van der Waals surface area (Å²) in [4.78, 5) is 33.4. The molecule has 0 bridgehead atoms. The van der Waals surface area contributed by atoms with Crippen LogP contribution in [0, 0.1) is 0 Å². The maximum atomic E-state index is 11.3. The van der Waals surface area contributed by atoms with Gasteiger partial charge in [0.2, 0.25) is 0 Å². The van der Waals surface area contributed by atoms with Crippen molar-refractivity contribution in [1.82, 2.24) is 0 Å². The Morgan fingerprint density at radius 1 is 1.10 bits per heavy atom. The number of carbonyl (C=O) groups is 3. The Balaban J connectivity index is 3.75. The van der Waals surface area contributed by atoms with Gasteiger partial charge in [-0.05, 0) is 17.2 Å². The van der Waals surface area contributed by atoms with Crippen LogP contribution in [0.2, 0.25) is 0 Å². The van der Waals surface area contributed by atoms with E-state index in [9.17, 15) is 14.4 Å². The van der Waals surface area contributed by atoms with Gasteiger partial charge in [0.15, 0.2) is 0 Å². The topological polar surface area (TPSA) is 158 Å². The van der Waals surface area contributed by atoms with Gasteiger partial charge in [-0.1, -0.05) is 6.07 Å². The van der Waals surface area contributed by atoms with E-state index in [1.54, 1.807) is 0 Å². The molecule has 0 amide bonds. The molecule has 0 heterocycles. The second kappa shape index (κ2) is 6.13. The average molecular weight is 283 g/mol. The maximum Gasteiger partial charge on any atom is 0.336 e. The number of aliphatic carboxylic acids is 1. The number of carboxylic acids is 3. The Morgan fingerprint density at radius 3 is 2.05 bits per heavy atom. The Hall–Kier alpha value is -2.45. The number of aliphatic hydroxyl groups is 1. The van der Waals surface area contributed by atoms with Gasteiger partial charge in [0, 0.05) is 6.54 Å². The minimum atomic E-state index is -1.59. The van der Waals surface area contributed by atoms with Crippen molar-refractivity contribution < 1.29 is 34.8 Å². The van der Waals surface area contributed by atoms with Gasteiger partial charge in [-0.2, -0.15) is 0 Å². The highest BCUT2D eigenvalue weighted by atomic mass is 16.4. The number of rotatable bonds is 6. The van der Waals surface area contributed by atoms with Gasteiger partial charge in [0.1, 0.15) is 5.92 Å². The second-order valence-electron chi connectivity index (χ2n) is 3.95. The molecule has 0 aliphatic carbocycles. The summed E-state index contributed by atoms with van der Waals surface area (Å²) < 4.78 is 0. The Bertz CT molecular complexity index is 567. The van der Waals surface area contributed by atoms with Crippen LogP contribution >= 0.6 is 0 Å². The first-order valence-electron chi connectivity index (χ1n) is 5.51. The molecule has 0 aliphatic rings. The molecule has 0 spiro atoms. The third-order valence-corrected chi connectivity index (χ3v) is 2.83. The van der Waals surface area contributed by atoms with E-state index in [2.05, 4.69) is 0 Å². The number of benzene rings is 1. The molecule has 1 aromatic rings. The van der Waals surface area contributed by atoms with Crippen LogP contribution in [0.1, 0.15) is 37.8 Å². The molecule has 20 heavy (non-hydrogen) atoms. The fourth-order valence-corrected chi connectivity index (χ4v) is 1.94. The normalized spacial score (nSPS) is 11.9. The van der Waals surface area contributed by atoms with Crippen molar-refractivity contribution in [2.45, 2.75) is 12.5 Å². The first kappa shape index (κ1) is 15.6. The van der Waals surface area contributed by atoms with Crippen LogP contribution in [0.3, 0.4) is 0 Å². The smallest absolute Gasteiger partial charge is 0.336 e. The second-order valence-corrected chi connectivity index (χ2v) is 3.95. The van der Waals surface area contributed by atoms with E-state index in [1.165, 1.54) is 6.07 Å². The molecule has 1 rings (SSSR count). The highest BCUT2D eigenvalue weighted by molar-refractivity contribution is 6.04. The predicted octanol–water partition coefficient (Wildman–Crippen LogP) is -0.298. The van der Waals surface area contributed by atoms with E-state index in [0.29, 0.717) is 0 Å². The number of aromatic carboxylic acids is 2. The summed E-state index contributed by atoms with van der Waals surface area (Å²) in [5.41, 5.74) is 4.09. The van der Waals surface area contributed by atoms with Crippen LogP contribution < -0.4 is 5.73 Å². The van der Waals surface area contributed by atoms with Crippen LogP contribution in [0.4, 0.5) is 0 Å². The van der Waals surface area contributed by atoms with Crippen molar-refractivity contribution in [1.29, 1.82) is 0 Å².